The lowest BCUT2D eigenvalue weighted by Gasteiger charge is -2.29. The van der Waals surface area contributed by atoms with Crippen molar-refractivity contribution in [2.75, 3.05) is 6.54 Å². The highest BCUT2D eigenvalue weighted by molar-refractivity contribution is 5.43. The molecule has 1 atom stereocenters. The fourth-order valence-corrected chi connectivity index (χ4v) is 2.47. The van der Waals surface area contributed by atoms with Gasteiger partial charge < -0.3 is 10.7 Å². The van der Waals surface area contributed by atoms with Gasteiger partial charge in [0.1, 0.15) is 5.82 Å². The van der Waals surface area contributed by atoms with Crippen molar-refractivity contribution in [3.05, 3.63) is 63.3 Å². The van der Waals surface area contributed by atoms with Gasteiger partial charge >= 0.3 is 0 Å². The van der Waals surface area contributed by atoms with Crippen LogP contribution in [0.2, 0.25) is 0 Å². The van der Waals surface area contributed by atoms with Crippen LogP contribution in [0.25, 0.3) is 0 Å². The Morgan fingerprint density at radius 3 is 3.00 bits per heavy atom. The van der Waals surface area contributed by atoms with Gasteiger partial charge in [-0.05, 0) is 24.1 Å². The molecule has 0 fully saturated rings. The second-order valence-electron chi connectivity index (χ2n) is 4.62. The molecule has 0 aliphatic heterocycles. The minimum Gasteiger partial charge on any atom is -0.330 e. The van der Waals surface area contributed by atoms with Crippen LogP contribution in [0.5, 0.6) is 0 Å². The van der Waals surface area contributed by atoms with Crippen LogP contribution in [0.3, 0.4) is 0 Å². The lowest BCUT2D eigenvalue weighted by atomic mass is 9.77. The molecule has 0 saturated carbocycles. The number of nitrogens with two attached hydrogens (primary N) is 1. The number of aromatic amines is 1. The molecular formula is C14H15N3O. The molecule has 0 radical (unpaired) electrons. The quantitative estimate of drug-likeness (QED) is 0.840. The van der Waals surface area contributed by atoms with E-state index in [9.17, 15) is 4.79 Å². The number of hydrogen-bond acceptors (Lipinski definition) is 3. The van der Waals surface area contributed by atoms with Crippen molar-refractivity contribution in [3.8, 4) is 0 Å². The van der Waals surface area contributed by atoms with Gasteiger partial charge in [-0.2, -0.15) is 0 Å². The van der Waals surface area contributed by atoms with Gasteiger partial charge in [0.25, 0.3) is 5.56 Å². The SMILES string of the molecule is NCCc1cc(=O)[nH]c(C2Cc3ccccc32)n1. The summed E-state index contributed by atoms with van der Waals surface area (Å²) in [6.45, 7) is 0.511. The fourth-order valence-electron chi connectivity index (χ4n) is 2.47. The maximum absolute atomic E-state index is 11.6. The van der Waals surface area contributed by atoms with Crippen molar-refractivity contribution in [3.63, 3.8) is 0 Å². The average Bonchev–Trinajstić information content (AvgIpc) is 2.30. The Labute approximate surface area is 105 Å². The van der Waals surface area contributed by atoms with Gasteiger partial charge in [-0.3, -0.25) is 4.79 Å². The monoisotopic (exact) mass is 241 g/mol. The van der Waals surface area contributed by atoms with Gasteiger partial charge in [-0.25, -0.2) is 4.98 Å². The summed E-state index contributed by atoms with van der Waals surface area (Å²) in [4.78, 5) is 19.0. The van der Waals surface area contributed by atoms with Gasteiger partial charge in [-0.15, -0.1) is 0 Å². The molecule has 4 nitrogen and oxygen atoms in total. The topological polar surface area (TPSA) is 71.8 Å². The molecule has 1 aromatic carbocycles. The van der Waals surface area contributed by atoms with E-state index in [2.05, 4.69) is 22.1 Å². The third-order valence-corrected chi connectivity index (χ3v) is 3.40. The van der Waals surface area contributed by atoms with E-state index in [-0.39, 0.29) is 11.5 Å². The number of nitrogens with zero attached hydrogens (tertiary/aromatic N) is 1. The van der Waals surface area contributed by atoms with Gasteiger partial charge in [0.05, 0.1) is 0 Å². The molecule has 0 saturated heterocycles. The molecule has 0 bridgehead atoms. The van der Waals surface area contributed by atoms with Crippen molar-refractivity contribution >= 4 is 0 Å². The van der Waals surface area contributed by atoms with Crippen molar-refractivity contribution in [1.82, 2.24) is 9.97 Å². The Morgan fingerprint density at radius 2 is 2.22 bits per heavy atom. The first-order chi connectivity index (χ1) is 8.78. The second kappa shape index (κ2) is 4.38. The molecule has 0 spiro atoms. The molecule has 3 rings (SSSR count). The molecule has 1 heterocycles. The van der Waals surface area contributed by atoms with Gasteiger partial charge in [0.2, 0.25) is 0 Å². The van der Waals surface area contributed by atoms with Gasteiger partial charge in [0, 0.05) is 24.1 Å². The maximum Gasteiger partial charge on any atom is 0.251 e. The zero-order valence-electron chi connectivity index (χ0n) is 10.0. The maximum atomic E-state index is 11.6. The van der Waals surface area contributed by atoms with Crippen LogP contribution in [0.4, 0.5) is 0 Å². The molecule has 1 aromatic heterocycles. The largest absolute Gasteiger partial charge is 0.330 e. The first-order valence-corrected chi connectivity index (χ1v) is 6.16. The molecular weight excluding hydrogens is 226 g/mol. The predicted octanol–water partition coefficient (Wildman–Crippen LogP) is 0.959. The van der Waals surface area contributed by atoms with E-state index in [1.165, 1.54) is 17.2 Å². The summed E-state index contributed by atoms with van der Waals surface area (Å²) in [5, 5.41) is 0. The Hall–Kier alpha value is -1.94. The summed E-state index contributed by atoms with van der Waals surface area (Å²) in [5.74, 6) is 0.997. The number of aromatic nitrogens is 2. The number of fused-ring (bicyclic) bond motifs is 1. The van der Waals surface area contributed by atoms with Crippen LogP contribution in [-0.4, -0.2) is 16.5 Å². The number of H-pyrrole nitrogens is 1. The third kappa shape index (κ3) is 1.84. The highest BCUT2D eigenvalue weighted by atomic mass is 16.1. The highest BCUT2D eigenvalue weighted by Gasteiger charge is 2.28. The Balaban J connectivity index is 1.97. The second-order valence-corrected chi connectivity index (χ2v) is 4.62. The van der Waals surface area contributed by atoms with Crippen LogP contribution in [0.15, 0.2) is 35.1 Å². The summed E-state index contributed by atoms with van der Waals surface area (Å²) in [5.41, 5.74) is 8.81. The minimum atomic E-state index is -0.0900. The summed E-state index contributed by atoms with van der Waals surface area (Å²) < 4.78 is 0. The van der Waals surface area contributed by atoms with E-state index in [0.29, 0.717) is 13.0 Å². The van der Waals surface area contributed by atoms with Crippen molar-refractivity contribution in [1.29, 1.82) is 0 Å². The summed E-state index contributed by atoms with van der Waals surface area (Å²) >= 11 is 0. The zero-order chi connectivity index (χ0) is 12.5. The molecule has 18 heavy (non-hydrogen) atoms. The fraction of sp³-hybridized carbons (Fsp3) is 0.286. The average molecular weight is 241 g/mol. The molecule has 0 amide bonds. The van der Waals surface area contributed by atoms with E-state index in [1.54, 1.807) is 0 Å². The van der Waals surface area contributed by atoms with Crippen molar-refractivity contribution in [2.24, 2.45) is 5.73 Å². The number of hydrogen-bond donors (Lipinski definition) is 2. The number of nitrogens with one attached hydrogen (secondary N) is 1. The van der Waals surface area contributed by atoms with E-state index < -0.39 is 0 Å². The Bertz CT molecular complexity index is 633. The predicted molar refractivity (Wildman–Crippen MR) is 69.6 cm³/mol. The summed E-state index contributed by atoms with van der Waals surface area (Å²) in [7, 11) is 0. The first kappa shape index (κ1) is 11.2. The summed E-state index contributed by atoms with van der Waals surface area (Å²) in [6, 6.07) is 9.80. The van der Waals surface area contributed by atoms with Gasteiger partial charge in [-0.1, -0.05) is 24.3 Å². The van der Waals surface area contributed by atoms with Crippen molar-refractivity contribution < 1.29 is 0 Å². The van der Waals surface area contributed by atoms with Crippen LogP contribution in [0.1, 0.15) is 28.6 Å². The van der Waals surface area contributed by atoms with Crippen LogP contribution >= 0.6 is 0 Å². The normalized spacial score (nSPS) is 17.1. The third-order valence-electron chi connectivity index (χ3n) is 3.40. The molecule has 3 N–H and O–H groups in total. The first-order valence-electron chi connectivity index (χ1n) is 6.16. The summed E-state index contributed by atoms with van der Waals surface area (Å²) in [6.07, 6.45) is 1.59. The molecule has 1 aliphatic rings. The van der Waals surface area contributed by atoms with Crippen molar-refractivity contribution in [2.45, 2.75) is 18.8 Å². The van der Waals surface area contributed by atoms with E-state index in [0.717, 1.165) is 17.9 Å². The molecule has 2 aromatic rings. The molecule has 4 heteroatoms. The molecule has 1 aliphatic carbocycles. The van der Waals surface area contributed by atoms with Crippen LogP contribution in [-0.2, 0) is 12.8 Å². The Kier molecular flexibility index (Phi) is 2.72. The smallest absolute Gasteiger partial charge is 0.251 e. The molecule has 1 unspecified atom stereocenters. The minimum absolute atomic E-state index is 0.0900. The van der Waals surface area contributed by atoms with E-state index in [1.807, 2.05) is 12.1 Å². The lowest BCUT2D eigenvalue weighted by molar-refractivity contribution is 0.648. The highest BCUT2D eigenvalue weighted by Crippen LogP contribution is 2.37. The van der Waals surface area contributed by atoms with Crippen LogP contribution < -0.4 is 11.3 Å². The van der Waals surface area contributed by atoms with Crippen LogP contribution in [0, 0.1) is 0 Å². The standard InChI is InChI=1S/C14H15N3O/c15-6-5-10-8-13(18)17-14(16-10)12-7-9-3-1-2-4-11(9)12/h1-4,8,12H,5-7,15H2,(H,16,17,18). The Morgan fingerprint density at radius 1 is 1.39 bits per heavy atom. The van der Waals surface area contributed by atoms with E-state index in [4.69, 9.17) is 5.73 Å². The zero-order valence-corrected chi connectivity index (χ0v) is 10.0. The lowest BCUT2D eigenvalue weighted by Crippen LogP contribution is -2.24. The van der Waals surface area contributed by atoms with E-state index >= 15 is 0 Å². The number of benzene rings is 1. The number of rotatable bonds is 3. The van der Waals surface area contributed by atoms with Gasteiger partial charge in [0.15, 0.2) is 0 Å². The molecule has 92 valence electrons.